The summed E-state index contributed by atoms with van der Waals surface area (Å²) in [7, 11) is -1.78. The van der Waals surface area contributed by atoms with Crippen LogP contribution < -0.4 is 10.6 Å². The van der Waals surface area contributed by atoms with Gasteiger partial charge in [-0.05, 0) is 12.5 Å². The SMILES string of the molecule is Cc1cnc(C(=O)NC(Cc2ccccc2)C(=O)NCB(O)OF)cn1. The third kappa shape index (κ3) is 5.90. The minimum atomic E-state index is -1.78. The zero-order valence-electron chi connectivity index (χ0n) is 14.1. The Labute approximate surface area is 149 Å². The molecule has 136 valence electrons. The molecule has 0 aliphatic rings. The normalized spacial score (nSPS) is 11.5. The Morgan fingerprint density at radius 3 is 2.62 bits per heavy atom. The van der Waals surface area contributed by atoms with Crippen LogP contribution in [-0.4, -0.2) is 46.4 Å². The van der Waals surface area contributed by atoms with E-state index in [0.29, 0.717) is 5.69 Å². The van der Waals surface area contributed by atoms with Gasteiger partial charge in [0.15, 0.2) is 0 Å². The van der Waals surface area contributed by atoms with Crippen molar-refractivity contribution in [3.63, 3.8) is 0 Å². The molecule has 0 aliphatic heterocycles. The fourth-order valence-corrected chi connectivity index (χ4v) is 2.14. The Hall–Kier alpha value is -2.85. The van der Waals surface area contributed by atoms with Crippen molar-refractivity contribution in [2.45, 2.75) is 19.4 Å². The molecular weight excluding hydrogens is 342 g/mol. The molecule has 0 fully saturated rings. The molecule has 0 spiro atoms. The van der Waals surface area contributed by atoms with Gasteiger partial charge in [-0.3, -0.25) is 14.6 Å². The van der Waals surface area contributed by atoms with E-state index in [2.05, 4.69) is 25.5 Å². The predicted octanol–water partition coefficient (Wildman–Crippen LogP) is 0.163. The lowest BCUT2D eigenvalue weighted by molar-refractivity contribution is -0.122. The smallest absolute Gasteiger partial charge is 0.424 e. The van der Waals surface area contributed by atoms with Crippen LogP contribution in [-0.2, 0) is 16.1 Å². The molecule has 2 amide bonds. The van der Waals surface area contributed by atoms with Gasteiger partial charge in [0.1, 0.15) is 11.7 Å². The standard InChI is InChI=1S/C16H18BFN4O4/c1-11-8-20-14(9-19-11)16(24)22-13(7-12-5-3-2-4-6-12)15(23)21-10-17(25)26-18/h2-6,8-9,13,25H,7,10H2,1H3,(H,21,23)(H,22,24). The van der Waals surface area contributed by atoms with E-state index in [0.717, 1.165) is 5.56 Å². The molecule has 0 saturated heterocycles. The number of rotatable bonds is 8. The summed E-state index contributed by atoms with van der Waals surface area (Å²) in [5, 5.41) is 13.9. The Kier molecular flexibility index (Phi) is 7.18. The predicted molar refractivity (Wildman–Crippen MR) is 91.3 cm³/mol. The number of amides is 2. The topological polar surface area (TPSA) is 113 Å². The van der Waals surface area contributed by atoms with Crippen LogP contribution in [0.5, 0.6) is 0 Å². The van der Waals surface area contributed by atoms with Crippen LogP contribution in [0.1, 0.15) is 21.7 Å². The van der Waals surface area contributed by atoms with Gasteiger partial charge in [-0.25, -0.2) is 9.84 Å². The minimum Gasteiger partial charge on any atom is -0.424 e. The Bertz CT molecular complexity index is 733. The zero-order chi connectivity index (χ0) is 18.9. The molecule has 1 aromatic heterocycles. The van der Waals surface area contributed by atoms with Crippen molar-refractivity contribution in [1.82, 2.24) is 20.6 Å². The molecule has 1 unspecified atom stereocenters. The maximum Gasteiger partial charge on any atom is 0.514 e. The lowest BCUT2D eigenvalue weighted by Crippen LogP contribution is -2.50. The molecule has 0 bridgehead atoms. The molecule has 2 rings (SSSR count). The number of halogens is 1. The van der Waals surface area contributed by atoms with Gasteiger partial charge in [-0.2, -0.15) is 0 Å². The van der Waals surface area contributed by atoms with Gasteiger partial charge in [0.2, 0.25) is 5.91 Å². The molecule has 1 heterocycles. The van der Waals surface area contributed by atoms with Crippen LogP contribution in [0.25, 0.3) is 0 Å². The summed E-state index contributed by atoms with van der Waals surface area (Å²) in [5.74, 6) is -1.17. The summed E-state index contributed by atoms with van der Waals surface area (Å²) >= 11 is 0. The van der Waals surface area contributed by atoms with Crippen LogP contribution in [0.2, 0.25) is 0 Å². The highest BCUT2D eigenvalue weighted by molar-refractivity contribution is 6.43. The summed E-state index contributed by atoms with van der Waals surface area (Å²) in [6.45, 7) is 1.73. The number of nitrogens with one attached hydrogen (secondary N) is 2. The van der Waals surface area contributed by atoms with Gasteiger partial charge >= 0.3 is 7.12 Å². The first kappa shape index (κ1) is 19.5. The van der Waals surface area contributed by atoms with Crippen molar-refractivity contribution in [3.8, 4) is 0 Å². The summed E-state index contributed by atoms with van der Waals surface area (Å²) in [6.07, 6.45) is 2.49. The van der Waals surface area contributed by atoms with E-state index in [1.165, 1.54) is 12.4 Å². The van der Waals surface area contributed by atoms with Crippen molar-refractivity contribution in [2.24, 2.45) is 0 Å². The molecule has 2 aromatic rings. The van der Waals surface area contributed by atoms with Gasteiger partial charge in [0, 0.05) is 12.6 Å². The number of carbonyl (C=O) groups is 2. The lowest BCUT2D eigenvalue weighted by Gasteiger charge is -2.18. The second-order valence-corrected chi connectivity index (χ2v) is 5.55. The van der Waals surface area contributed by atoms with Crippen LogP contribution in [0.3, 0.4) is 0 Å². The summed E-state index contributed by atoms with van der Waals surface area (Å²) in [6, 6.07) is 8.08. The summed E-state index contributed by atoms with van der Waals surface area (Å²) < 4.78 is 11.9. The fourth-order valence-electron chi connectivity index (χ4n) is 2.14. The first-order valence-corrected chi connectivity index (χ1v) is 7.86. The Balaban J connectivity index is 2.09. The van der Waals surface area contributed by atoms with Crippen molar-refractivity contribution in [2.75, 3.05) is 6.44 Å². The number of aromatic nitrogens is 2. The van der Waals surface area contributed by atoms with Gasteiger partial charge in [-0.1, -0.05) is 34.9 Å². The van der Waals surface area contributed by atoms with Gasteiger partial charge in [0.05, 0.1) is 18.3 Å². The van der Waals surface area contributed by atoms with E-state index in [1.54, 1.807) is 31.2 Å². The molecular formula is C16H18BFN4O4. The number of hydrogen-bond donors (Lipinski definition) is 3. The van der Waals surface area contributed by atoms with Crippen LogP contribution in [0.15, 0.2) is 42.7 Å². The first-order chi connectivity index (χ1) is 12.5. The average molecular weight is 360 g/mol. The minimum absolute atomic E-state index is 0.0635. The number of benzene rings is 1. The van der Waals surface area contributed by atoms with E-state index in [-0.39, 0.29) is 12.1 Å². The van der Waals surface area contributed by atoms with Crippen molar-refractivity contribution >= 4 is 18.9 Å². The molecule has 8 nitrogen and oxygen atoms in total. The highest BCUT2D eigenvalue weighted by atomic mass is 19.3. The summed E-state index contributed by atoms with van der Waals surface area (Å²) in [4.78, 5) is 35.8. The number of hydrogen-bond acceptors (Lipinski definition) is 6. The average Bonchev–Trinajstić information content (AvgIpc) is 2.66. The van der Waals surface area contributed by atoms with Crippen LogP contribution >= 0.6 is 0 Å². The second-order valence-electron chi connectivity index (χ2n) is 5.55. The van der Waals surface area contributed by atoms with E-state index in [1.807, 2.05) is 6.07 Å². The number of nitrogens with zero attached hydrogens (tertiary/aromatic N) is 2. The molecule has 0 aliphatic carbocycles. The van der Waals surface area contributed by atoms with Crippen molar-refractivity contribution < 1.29 is 24.0 Å². The first-order valence-electron chi connectivity index (χ1n) is 7.86. The van der Waals surface area contributed by atoms with E-state index < -0.39 is 31.4 Å². The third-order valence-corrected chi connectivity index (χ3v) is 3.47. The van der Waals surface area contributed by atoms with Crippen LogP contribution in [0.4, 0.5) is 4.53 Å². The molecule has 0 radical (unpaired) electrons. The Morgan fingerprint density at radius 2 is 2.00 bits per heavy atom. The quantitative estimate of drug-likeness (QED) is 0.578. The van der Waals surface area contributed by atoms with Gasteiger partial charge in [-0.15, -0.1) is 0 Å². The van der Waals surface area contributed by atoms with Crippen LogP contribution in [0, 0.1) is 6.92 Å². The lowest BCUT2D eigenvalue weighted by atomic mass is 9.92. The fraction of sp³-hybridized carbons (Fsp3) is 0.250. The second kappa shape index (κ2) is 9.59. The molecule has 10 heteroatoms. The van der Waals surface area contributed by atoms with Gasteiger partial charge < -0.3 is 15.7 Å². The highest BCUT2D eigenvalue weighted by Crippen LogP contribution is 2.05. The summed E-state index contributed by atoms with van der Waals surface area (Å²) in [5.41, 5.74) is 1.53. The van der Waals surface area contributed by atoms with E-state index in [4.69, 9.17) is 5.02 Å². The number of carbonyl (C=O) groups excluding carboxylic acids is 2. The third-order valence-electron chi connectivity index (χ3n) is 3.47. The monoisotopic (exact) mass is 360 g/mol. The molecule has 3 N–H and O–H groups in total. The van der Waals surface area contributed by atoms with E-state index in [9.17, 15) is 14.1 Å². The largest absolute Gasteiger partial charge is 0.514 e. The molecule has 26 heavy (non-hydrogen) atoms. The molecule has 1 atom stereocenters. The van der Waals surface area contributed by atoms with Gasteiger partial charge in [0.25, 0.3) is 5.91 Å². The van der Waals surface area contributed by atoms with E-state index >= 15 is 0 Å². The maximum absolute atomic E-state index is 12.3. The number of aryl methyl sites for hydroxylation is 1. The van der Waals surface area contributed by atoms with Crippen molar-refractivity contribution in [3.05, 3.63) is 59.7 Å². The molecule has 0 saturated carbocycles. The molecule has 1 aromatic carbocycles. The Morgan fingerprint density at radius 1 is 1.27 bits per heavy atom. The van der Waals surface area contributed by atoms with Crippen molar-refractivity contribution in [1.29, 1.82) is 0 Å². The zero-order valence-corrected chi connectivity index (χ0v) is 14.1. The highest BCUT2D eigenvalue weighted by Gasteiger charge is 2.24. The maximum atomic E-state index is 12.3.